The van der Waals surface area contributed by atoms with Crippen LogP contribution in [-0.2, 0) is 153 Å². The van der Waals surface area contributed by atoms with Crippen molar-refractivity contribution in [2.45, 2.75) is 55.4 Å². The Hall–Kier alpha value is 6.36. The van der Waals surface area contributed by atoms with Gasteiger partial charge in [-0.25, -0.2) is 22.7 Å². The van der Waals surface area contributed by atoms with E-state index in [0.717, 1.165) is 49.3 Å². The van der Waals surface area contributed by atoms with Gasteiger partial charge >= 0.3 is 0 Å². The molecule has 0 aliphatic rings. The van der Waals surface area contributed by atoms with Gasteiger partial charge in [-0.15, -0.1) is 0 Å². The molecule has 0 unspecified atom stereocenters. The van der Waals surface area contributed by atoms with E-state index in [1.807, 2.05) is 0 Å². The Kier molecular flexibility index (Phi) is 46.7. The Balaban J connectivity index is -0.0000000626. The van der Waals surface area contributed by atoms with Gasteiger partial charge in [0.25, 0.3) is 0 Å². The minimum atomic E-state index is -1.24. The fraction of sp³-hybridized carbons (Fsp3) is 1.00. The van der Waals surface area contributed by atoms with Crippen LogP contribution in [0.5, 0.6) is 0 Å². The van der Waals surface area contributed by atoms with E-state index < -0.39 is 22.7 Å². The van der Waals surface area contributed by atoms with E-state index >= 15 is 0 Å². The van der Waals surface area contributed by atoms with E-state index in [2.05, 4.69) is 55.4 Å². The molecule has 14 heteroatoms. The Morgan fingerprint density at radius 3 is 0.367 bits per heavy atom. The molecule has 0 saturated carbocycles. The van der Waals surface area contributed by atoms with Crippen molar-refractivity contribution in [2.24, 2.45) is 0 Å². The van der Waals surface area contributed by atoms with Crippen molar-refractivity contribution >= 4 is 121 Å². The zero-order chi connectivity index (χ0) is 23.7. The van der Waals surface area contributed by atoms with E-state index in [-0.39, 0.29) is 54.6 Å². The molecule has 0 aliphatic heterocycles. The molecule has 0 aromatic heterocycles. The monoisotopic (exact) mass is 840 g/mol. The average molecular weight is 838 g/mol. The molecule has 30 heavy (non-hydrogen) atoms. The summed E-state index contributed by atoms with van der Waals surface area (Å²) < 4.78 is 0. The maximum absolute atomic E-state index is 5.07. The van der Waals surface area contributed by atoms with Gasteiger partial charge in [-0.2, -0.15) is 0 Å². The van der Waals surface area contributed by atoms with Gasteiger partial charge in [0.2, 0.25) is 0 Å². The SMILES string of the molecule is CC[P+]([S-])([S-])CC.CC[P+]([S-])([S-])CC.CC[P+]([S-])([S-])CC.CC[P+]([S-])([S-])CC.[Cd].[Cd]. The second kappa shape index (κ2) is 28.4. The largest absolute Gasteiger partial charge is 0.579 e. The van der Waals surface area contributed by atoms with Gasteiger partial charge < -0.3 is 98.0 Å². The second-order valence-corrected chi connectivity index (χ2v) is 36.9. The number of rotatable bonds is 8. The van der Waals surface area contributed by atoms with E-state index in [9.17, 15) is 0 Å². The third-order valence-corrected chi connectivity index (χ3v) is 24.0. The van der Waals surface area contributed by atoms with Crippen LogP contribution in [-0.4, -0.2) is 49.3 Å². The topological polar surface area (TPSA) is 0 Å². The third kappa shape index (κ3) is 41.5. The van der Waals surface area contributed by atoms with Crippen LogP contribution in [0.1, 0.15) is 55.4 Å². The maximum Gasteiger partial charge on any atom is 0.0174 e. The predicted octanol–water partition coefficient (Wildman–Crippen LogP) is 7.87. The first-order chi connectivity index (χ1) is 12.5. The molecule has 0 amide bonds. The Morgan fingerprint density at radius 1 is 0.300 bits per heavy atom. The summed E-state index contributed by atoms with van der Waals surface area (Å²) in [4.78, 5) is 0. The first-order valence-electron chi connectivity index (χ1n) is 9.65. The van der Waals surface area contributed by atoms with Crippen LogP contribution in [0.4, 0.5) is 0 Å². The van der Waals surface area contributed by atoms with Gasteiger partial charge in [-0.3, -0.25) is 0 Å². The summed E-state index contributed by atoms with van der Waals surface area (Å²) in [5.41, 5.74) is -4.95. The second-order valence-electron chi connectivity index (χ2n) is 5.79. The molecule has 0 rings (SSSR count). The summed E-state index contributed by atoms with van der Waals surface area (Å²) in [6.45, 7) is 16.6. The third-order valence-electron chi connectivity index (χ3n) is 3.85. The van der Waals surface area contributed by atoms with Crippen molar-refractivity contribution in [3.8, 4) is 0 Å². The van der Waals surface area contributed by atoms with Crippen molar-refractivity contribution in [1.29, 1.82) is 0 Å². The molecule has 0 spiro atoms. The number of hydrogen-bond donors (Lipinski definition) is 0. The van der Waals surface area contributed by atoms with Crippen LogP contribution in [0.3, 0.4) is 0 Å². The van der Waals surface area contributed by atoms with Gasteiger partial charge in [0.15, 0.2) is 0 Å². The fourth-order valence-electron chi connectivity index (χ4n) is 0.894. The Bertz CT molecular complexity index is 265. The molecule has 0 heterocycles. The normalized spacial score (nSPS) is 11.2. The van der Waals surface area contributed by atoms with Gasteiger partial charge in [-0.05, 0) is 55.4 Å². The Morgan fingerprint density at radius 2 is 0.367 bits per heavy atom. The molecule has 0 aromatic rings. The molecule has 0 nitrogen and oxygen atoms in total. The smallest absolute Gasteiger partial charge is 0.0174 e. The van der Waals surface area contributed by atoms with Crippen molar-refractivity contribution in [3.63, 3.8) is 0 Å². The standard InChI is InChI=1S/4C4H11PS2.2Cd/c4*1-3-5(6,7)4-2;;/h4*3-4H2,1-2H3,(H,6,7);;/p-4. The van der Waals surface area contributed by atoms with Crippen LogP contribution < -0.4 is 0 Å². The van der Waals surface area contributed by atoms with Crippen molar-refractivity contribution in [1.82, 2.24) is 0 Å². The van der Waals surface area contributed by atoms with Crippen LogP contribution in [0, 0.1) is 0 Å². The summed E-state index contributed by atoms with van der Waals surface area (Å²) in [5, 5.41) is 0. The maximum atomic E-state index is 5.07. The van der Waals surface area contributed by atoms with Crippen molar-refractivity contribution in [2.75, 3.05) is 49.3 Å². The zero-order valence-electron chi connectivity index (χ0n) is 20.1. The van der Waals surface area contributed by atoms with Crippen LogP contribution in [0.15, 0.2) is 0 Å². The van der Waals surface area contributed by atoms with E-state index in [1.165, 1.54) is 0 Å². The molecule has 0 aromatic carbocycles. The summed E-state index contributed by atoms with van der Waals surface area (Å²) in [6.07, 6.45) is 8.29. The quantitative estimate of drug-likeness (QED) is 0.136. The van der Waals surface area contributed by atoms with Crippen molar-refractivity contribution in [3.05, 3.63) is 0 Å². The molecular weight excluding hydrogens is 797 g/mol. The fourth-order valence-corrected chi connectivity index (χ4v) is 2.68. The van der Waals surface area contributed by atoms with E-state index in [4.69, 9.17) is 98.0 Å². The minimum Gasteiger partial charge on any atom is -0.579 e. The average Bonchev–Trinajstić information content (AvgIpc) is 2.69. The van der Waals surface area contributed by atoms with E-state index in [0.29, 0.717) is 0 Å². The van der Waals surface area contributed by atoms with Gasteiger partial charge in [0.1, 0.15) is 0 Å². The van der Waals surface area contributed by atoms with Crippen LogP contribution in [0.2, 0.25) is 0 Å². The van der Waals surface area contributed by atoms with Gasteiger partial charge in [-0.1, -0.05) is 0 Å². The predicted molar refractivity (Wildman–Crippen MR) is 171 cm³/mol. The first kappa shape index (κ1) is 49.3. The first-order valence-corrected chi connectivity index (χ1v) is 26.4. The summed E-state index contributed by atoms with van der Waals surface area (Å²) in [5.74, 6) is 0. The molecule has 0 saturated heterocycles. The van der Waals surface area contributed by atoms with Crippen LogP contribution >= 0.6 is 22.7 Å². The minimum absolute atomic E-state index is 0. The molecular formula is C16H40Cd2P4S8-4. The summed E-state index contributed by atoms with van der Waals surface area (Å²) in [6, 6.07) is 0. The summed E-state index contributed by atoms with van der Waals surface area (Å²) >= 11 is 40.6. The Labute approximate surface area is 275 Å². The zero-order valence-corrected chi connectivity index (χ0v) is 38.3. The molecule has 0 fully saturated rings. The molecule has 0 aliphatic carbocycles. The van der Waals surface area contributed by atoms with E-state index in [1.54, 1.807) is 0 Å². The van der Waals surface area contributed by atoms with Gasteiger partial charge in [0.05, 0.1) is 0 Å². The molecule has 0 bridgehead atoms. The molecule has 0 N–H and O–H groups in total. The molecule has 0 radical (unpaired) electrons. The molecule has 180 valence electrons. The summed E-state index contributed by atoms with van der Waals surface area (Å²) in [7, 11) is 0. The molecule has 0 atom stereocenters. The van der Waals surface area contributed by atoms with Crippen molar-refractivity contribution < 1.29 is 54.6 Å². The number of hydrogen-bond acceptors (Lipinski definition) is 8. The van der Waals surface area contributed by atoms with Gasteiger partial charge in [0, 0.05) is 104 Å². The van der Waals surface area contributed by atoms with Crippen LogP contribution in [0.25, 0.3) is 0 Å².